The molecule has 0 radical (unpaired) electrons. The Balaban J connectivity index is 2.18. The zero-order valence-electron chi connectivity index (χ0n) is 10.5. The highest BCUT2D eigenvalue weighted by atomic mass is 16.4. The zero-order chi connectivity index (χ0) is 13.1. The third-order valence-electron chi connectivity index (χ3n) is 3.44. The van der Waals surface area contributed by atoms with Crippen LogP contribution in [0.15, 0.2) is 0 Å². The van der Waals surface area contributed by atoms with E-state index in [1.165, 1.54) is 0 Å². The van der Waals surface area contributed by atoms with Crippen molar-refractivity contribution < 1.29 is 14.7 Å². The predicted octanol–water partition coefficient (Wildman–Crippen LogP) is 0.731. The minimum atomic E-state index is -0.794. The van der Waals surface area contributed by atoms with Gasteiger partial charge >= 0.3 is 5.97 Å². The largest absolute Gasteiger partial charge is 0.481 e. The fourth-order valence-electron chi connectivity index (χ4n) is 1.79. The monoisotopic (exact) mass is 242 g/mol. The molecule has 5 heteroatoms. The van der Waals surface area contributed by atoms with Crippen LogP contribution in [0.3, 0.4) is 0 Å². The molecule has 1 amide bonds. The number of nitrogens with two attached hydrogens (primary N) is 1. The van der Waals surface area contributed by atoms with Gasteiger partial charge in [-0.2, -0.15) is 0 Å². The molecule has 0 saturated heterocycles. The molecule has 1 rings (SSSR count). The number of hydrogen-bond acceptors (Lipinski definition) is 3. The number of carboxylic acid groups (broad SMARTS) is 1. The van der Waals surface area contributed by atoms with Crippen LogP contribution >= 0.6 is 0 Å². The third kappa shape index (κ3) is 4.00. The van der Waals surface area contributed by atoms with Gasteiger partial charge < -0.3 is 16.2 Å². The molecular formula is C12H22N2O3. The second-order valence-corrected chi connectivity index (χ2v) is 5.19. The summed E-state index contributed by atoms with van der Waals surface area (Å²) in [7, 11) is 0. The van der Waals surface area contributed by atoms with Crippen molar-refractivity contribution in [3.05, 3.63) is 0 Å². The molecule has 4 N–H and O–H groups in total. The molecule has 0 aromatic carbocycles. The molecule has 0 bridgehead atoms. The quantitative estimate of drug-likeness (QED) is 0.574. The Morgan fingerprint density at radius 3 is 2.59 bits per heavy atom. The van der Waals surface area contributed by atoms with Crippen molar-refractivity contribution in [2.24, 2.45) is 17.6 Å². The molecule has 5 nitrogen and oxygen atoms in total. The normalized spacial score (nSPS) is 20.4. The highest BCUT2D eigenvalue weighted by molar-refractivity contribution is 5.86. The van der Waals surface area contributed by atoms with Crippen molar-refractivity contribution in [3.8, 4) is 0 Å². The van der Waals surface area contributed by atoms with Gasteiger partial charge in [-0.25, -0.2) is 0 Å². The lowest BCUT2D eigenvalue weighted by Gasteiger charge is -2.23. The maximum absolute atomic E-state index is 11.8. The summed E-state index contributed by atoms with van der Waals surface area (Å²) in [6.45, 7) is 3.93. The van der Waals surface area contributed by atoms with Crippen LogP contribution in [0.4, 0.5) is 0 Å². The first kappa shape index (κ1) is 14.0. The smallest absolute Gasteiger partial charge is 0.306 e. The second kappa shape index (κ2) is 5.49. The minimum Gasteiger partial charge on any atom is -0.481 e. The first-order valence-corrected chi connectivity index (χ1v) is 6.15. The number of amides is 1. The van der Waals surface area contributed by atoms with E-state index < -0.39 is 11.5 Å². The molecule has 2 unspecified atom stereocenters. The lowest BCUT2D eigenvalue weighted by Crippen LogP contribution is -2.53. The average molecular weight is 242 g/mol. The molecule has 0 spiro atoms. The fourth-order valence-corrected chi connectivity index (χ4v) is 1.79. The van der Waals surface area contributed by atoms with Gasteiger partial charge in [0.15, 0.2) is 0 Å². The van der Waals surface area contributed by atoms with Gasteiger partial charge in [0, 0.05) is 6.54 Å². The summed E-state index contributed by atoms with van der Waals surface area (Å²) in [4.78, 5) is 22.3. The lowest BCUT2D eigenvalue weighted by atomic mass is 9.96. The Morgan fingerprint density at radius 2 is 2.12 bits per heavy atom. The van der Waals surface area contributed by atoms with Gasteiger partial charge in [-0.05, 0) is 38.5 Å². The maximum Gasteiger partial charge on any atom is 0.306 e. The van der Waals surface area contributed by atoms with E-state index in [1.807, 2.05) is 0 Å². The van der Waals surface area contributed by atoms with Crippen LogP contribution in [-0.4, -0.2) is 29.1 Å². The summed E-state index contributed by atoms with van der Waals surface area (Å²) in [6, 6.07) is 0. The van der Waals surface area contributed by atoms with Gasteiger partial charge in [0.2, 0.25) is 5.91 Å². The van der Waals surface area contributed by atoms with E-state index in [-0.39, 0.29) is 11.8 Å². The summed E-state index contributed by atoms with van der Waals surface area (Å²) >= 11 is 0. The average Bonchev–Trinajstić information content (AvgIpc) is 3.06. The first-order chi connectivity index (χ1) is 7.85. The number of carbonyl (C=O) groups excluding carboxylic acids is 1. The number of aliphatic carboxylic acids is 1. The molecular weight excluding hydrogens is 220 g/mol. The Bertz CT molecular complexity index is 298. The van der Waals surface area contributed by atoms with Crippen LogP contribution in [0.2, 0.25) is 0 Å². The molecule has 1 fully saturated rings. The number of rotatable bonds is 7. The van der Waals surface area contributed by atoms with E-state index in [0.29, 0.717) is 25.3 Å². The van der Waals surface area contributed by atoms with Gasteiger partial charge in [-0.3, -0.25) is 9.59 Å². The summed E-state index contributed by atoms with van der Waals surface area (Å²) in [5, 5.41) is 11.5. The number of carbonyl (C=O) groups is 2. The van der Waals surface area contributed by atoms with E-state index in [0.717, 1.165) is 12.8 Å². The van der Waals surface area contributed by atoms with E-state index >= 15 is 0 Å². The zero-order valence-corrected chi connectivity index (χ0v) is 10.5. The molecule has 1 saturated carbocycles. The van der Waals surface area contributed by atoms with Crippen LogP contribution < -0.4 is 11.1 Å². The van der Waals surface area contributed by atoms with Crippen molar-refractivity contribution in [2.75, 3.05) is 6.54 Å². The van der Waals surface area contributed by atoms with Gasteiger partial charge in [0.25, 0.3) is 0 Å². The van der Waals surface area contributed by atoms with Crippen molar-refractivity contribution in [1.82, 2.24) is 5.32 Å². The topological polar surface area (TPSA) is 92.4 Å². The number of hydrogen-bond donors (Lipinski definition) is 3. The first-order valence-electron chi connectivity index (χ1n) is 6.15. The van der Waals surface area contributed by atoms with Crippen molar-refractivity contribution >= 4 is 11.9 Å². The molecule has 0 aromatic heterocycles. The second-order valence-electron chi connectivity index (χ2n) is 5.19. The number of carboxylic acids is 1. The van der Waals surface area contributed by atoms with Crippen molar-refractivity contribution in [1.29, 1.82) is 0 Å². The SMILES string of the molecule is CC(CCCNC(=O)C(C)(N)C1CC1)C(=O)O. The summed E-state index contributed by atoms with van der Waals surface area (Å²) in [5.74, 6) is -0.971. The van der Waals surface area contributed by atoms with Crippen LogP contribution in [-0.2, 0) is 9.59 Å². The highest BCUT2D eigenvalue weighted by Crippen LogP contribution is 2.38. The van der Waals surface area contributed by atoms with Crippen LogP contribution in [0.25, 0.3) is 0 Å². The highest BCUT2D eigenvalue weighted by Gasteiger charge is 2.43. The summed E-state index contributed by atoms with van der Waals surface area (Å²) in [6.07, 6.45) is 3.28. The van der Waals surface area contributed by atoms with E-state index in [4.69, 9.17) is 10.8 Å². The summed E-state index contributed by atoms with van der Waals surface area (Å²) in [5.41, 5.74) is 5.18. The van der Waals surface area contributed by atoms with Gasteiger partial charge in [-0.1, -0.05) is 6.92 Å². The molecule has 17 heavy (non-hydrogen) atoms. The Kier molecular flexibility index (Phi) is 4.51. The fraction of sp³-hybridized carbons (Fsp3) is 0.833. The van der Waals surface area contributed by atoms with E-state index in [9.17, 15) is 9.59 Å². The minimum absolute atomic E-state index is 0.122. The Hall–Kier alpha value is -1.10. The molecule has 0 aromatic rings. The molecule has 0 heterocycles. The lowest BCUT2D eigenvalue weighted by molar-refractivity contribution is -0.141. The van der Waals surface area contributed by atoms with Crippen LogP contribution in [0.5, 0.6) is 0 Å². The Labute approximate surface area is 102 Å². The van der Waals surface area contributed by atoms with Gasteiger partial charge in [-0.15, -0.1) is 0 Å². The van der Waals surface area contributed by atoms with E-state index in [2.05, 4.69) is 5.32 Å². The van der Waals surface area contributed by atoms with Gasteiger partial charge in [0.05, 0.1) is 11.5 Å². The van der Waals surface area contributed by atoms with Crippen molar-refractivity contribution in [3.63, 3.8) is 0 Å². The van der Waals surface area contributed by atoms with Crippen LogP contribution in [0, 0.1) is 11.8 Å². The number of nitrogens with one attached hydrogen (secondary N) is 1. The predicted molar refractivity (Wildman–Crippen MR) is 64.4 cm³/mol. The standard InChI is InChI=1S/C12H22N2O3/c1-8(10(15)16)4-3-7-14-11(17)12(2,13)9-5-6-9/h8-9H,3-7,13H2,1-2H3,(H,14,17)(H,15,16). The summed E-state index contributed by atoms with van der Waals surface area (Å²) < 4.78 is 0. The van der Waals surface area contributed by atoms with Crippen molar-refractivity contribution in [2.45, 2.75) is 45.1 Å². The molecule has 0 aliphatic heterocycles. The molecule has 1 aliphatic rings. The van der Waals surface area contributed by atoms with Gasteiger partial charge in [0.1, 0.15) is 0 Å². The molecule has 2 atom stereocenters. The molecule has 1 aliphatic carbocycles. The molecule has 98 valence electrons. The van der Waals surface area contributed by atoms with Crippen LogP contribution in [0.1, 0.15) is 39.5 Å². The third-order valence-corrected chi connectivity index (χ3v) is 3.44. The Morgan fingerprint density at radius 1 is 1.53 bits per heavy atom. The van der Waals surface area contributed by atoms with E-state index in [1.54, 1.807) is 13.8 Å². The maximum atomic E-state index is 11.8.